The summed E-state index contributed by atoms with van der Waals surface area (Å²) in [5.74, 6) is 0.881. The van der Waals surface area contributed by atoms with Gasteiger partial charge in [-0.2, -0.15) is 0 Å². The first-order valence-electron chi connectivity index (χ1n) is 8.36. The van der Waals surface area contributed by atoms with Crippen molar-refractivity contribution >= 4 is 11.9 Å². The Labute approximate surface area is 141 Å². The topological polar surface area (TPSA) is 89.9 Å². The summed E-state index contributed by atoms with van der Waals surface area (Å²) in [6.45, 7) is 6.29. The van der Waals surface area contributed by atoms with Crippen LogP contribution in [0.15, 0.2) is 18.7 Å². The SMILES string of the molecule is Cc1nc(N)nc(C)c1CC(=O)N1CCCC(Cn2ccnc2)C1. The van der Waals surface area contributed by atoms with Crippen LogP contribution in [-0.4, -0.2) is 43.4 Å². The molecule has 0 saturated carbocycles. The van der Waals surface area contributed by atoms with E-state index in [2.05, 4.69) is 19.5 Å². The second-order valence-corrected chi connectivity index (χ2v) is 6.52. The minimum absolute atomic E-state index is 0.143. The fraction of sp³-hybridized carbons (Fsp3) is 0.529. The van der Waals surface area contributed by atoms with E-state index in [0.29, 0.717) is 12.3 Å². The van der Waals surface area contributed by atoms with Gasteiger partial charge in [-0.25, -0.2) is 15.0 Å². The van der Waals surface area contributed by atoms with Crippen molar-refractivity contribution in [3.63, 3.8) is 0 Å². The number of hydrogen-bond donors (Lipinski definition) is 1. The molecule has 7 nitrogen and oxygen atoms in total. The van der Waals surface area contributed by atoms with Crippen molar-refractivity contribution in [3.8, 4) is 0 Å². The molecule has 1 unspecified atom stereocenters. The molecule has 0 bridgehead atoms. The van der Waals surface area contributed by atoms with Gasteiger partial charge in [0.05, 0.1) is 12.7 Å². The van der Waals surface area contributed by atoms with Crippen LogP contribution >= 0.6 is 0 Å². The summed E-state index contributed by atoms with van der Waals surface area (Å²) in [7, 11) is 0. The summed E-state index contributed by atoms with van der Waals surface area (Å²) in [6.07, 6.45) is 8.12. The number of carbonyl (C=O) groups excluding carboxylic acids is 1. The number of aromatic nitrogens is 4. The molecule has 0 spiro atoms. The van der Waals surface area contributed by atoms with Gasteiger partial charge in [0.15, 0.2) is 0 Å². The van der Waals surface area contributed by atoms with E-state index in [4.69, 9.17) is 5.73 Å². The molecule has 2 aromatic heterocycles. The molecular formula is C17H24N6O. The molecule has 7 heteroatoms. The summed E-state index contributed by atoms with van der Waals surface area (Å²) in [6, 6.07) is 0. The van der Waals surface area contributed by atoms with Gasteiger partial charge in [0.25, 0.3) is 0 Å². The number of nitrogen functional groups attached to an aromatic ring is 1. The van der Waals surface area contributed by atoms with Crippen molar-refractivity contribution in [1.29, 1.82) is 0 Å². The van der Waals surface area contributed by atoms with Crippen molar-refractivity contribution in [2.75, 3.05) is 18.8 Å². The number of likely N-dealkylation sites (tertiary alicyclic amines) is 1. The number of aryl methyl sites for hydroxylation is 2. The van der Waals surface area contributed by atoms with Crippen LogP contribution in [0.5, 0.6) is 0 Å². The molecule has 1 saturated heterocycles. The summed E-state index contributed by atoms with van der Waals surface area (Å²) in [4.78, 5) is 27.1. The van der Waals surface area contributed by atoms with Crippen LogP contribution in [-0.2, 0) is 17.8 Å². The van der Waals surface area contributed by atoms with Crippen LogP contribution in [0.3, 0.4) is 0 Å². The number of anilines is 1. The molecular weight excluding hydrogens is 304 g/mol. The molecule has 1 fully saturated rings. The monoisotopic (exact) mass is 328 g/mol. The van der Waals surface area contributed by atoms with Gasteiger partial charge < -0.3 is 15.2 Å². The van der Waals surface area contributed by atoms with Gasteiger partial charge >= 0.3 is 0 Å². The number of piperidine rings is 1. The summed E-state index contributed by atoms with van der Waals surface area (Å²) >= 11 is 0. The zero-order valence-corrected chi connectivity index (χ0v) is 14.3. The van der Waals surface area contributed by atoms with Crippen molar-refractivity contribution in [1.82, 2.24) is 24.4 Å². The zero-order valence-electron chi connectivity index (χ0n) is 14.3. The minimum Gasteiger partial charge on any atom is -0.368 e. The highest BCUT2D eigenvalue weighted by Crippen LogP contribution is 2.20. The Kier molecular flexibility index (Phi) is 4.78. The molecule has 0 radical (unpaired) electrons. The second-order valence-electron chi connectivity index (χ2n) is 6.52. The molecule has 0 aromatic carbocycles. The van der Waals surface area contributed by atoms with Gasteiger partial charge in [0.2, 0.25) is 11.9 Å². The number of rotatable bonds is 4. The van der Waals surface area contributed by atoms with E-state index in [1.54, 1.807) is 6.20 Å². The highest BCUT2D eigenvalue weighted by Gasteiger charge is 2.25. The van der Waals surface area contributed by atoms with E-state index in [-0.39, 0.29) is 11.9 Å². The molecule has 3 heterocycles. The number of hydrogen-bond acceptors (Lipinski definition) is 5. The Morgan fingerprint density at radius 3 is 2.75 bits per heavy atom. The molecule has 128 valence electrons. The minimum atomic E-state index is 0.143. The van der Waals surface area contributed by atoms with Crippen molar-refractivity contribution in [2.24, 2.45) is 5.92 Å². The van der Waals surface area contributed by atoms with Gasteiger partial charge in [-0.3, -0.25) is 4.79 Å². The maximum absolute atomic E-state index is 12.7. The molecule has 1 aliphatic rings. The van der Waals surface area contributed by atoms with Gasteiger partial charge in [0, 0.05) is 49.0 Å². The Bertz CT molecular complexity index is 689. The molecule has 1 aliphatic heterocycles. The number of imidazole rings is 1. The average molecular weight is 328 g/mol. The second kappa shape index (κ2) is 6.98. The Hall–Kier alpha value is -2.44. The standard InChI is InChI=1S/C17H24N6O/c1-12-15(13(2)21-17(18)20-12)8-16(24)23-6-3-4-14(10-23)9-22-7-5-19-11-22/h5,7,11,14H,3-4,6,8-10H2,1-2H3,(H2,18,20,21). The predicted octanol–water partition coefficient (Wildman–Crippen LogP) is 1.35. The van der Waals surface area contributed by atoms with Crippen LogP contribution in [0.25, 0.3) is 0 Å². The highest BCUT2D eigenvalue weighted by molar-refractivity contribution is 5.79. The summed E-state index contributed by atoms with van der Waals surface area (Å²) < 4.78 is 2.08. The van der Waals surface area contributed by atoms with E-state index in [1.165, 1.54) is 0 Å². The lowest BCUT2D eigenvalue weighted by Crippen LogP contribution is -2.42. The fourth-order valence-corrected chi connectivity index (χ4v) is 3.42. The third-order valence-electron chi connectivity index (χ3n) is 4.67. The third kappa shape index (κ3) is 3.72. The Morgan fingerprint density at radius 1 is 1.33 bits per heavy atom. The van der Waals surface area contributed by atoms with Crippen molar-refractivity contribution < 1.29 is 4.79 Å². The molecule has 24 heavy (non-hydrogen) atoms. The molecule has 1 atom stereocenters. The van der Waals surface area contributed by atoms with E-state index in [1.807, 2.05) is 31.3 Å². The molecule has 0 aliphatic carbocycles. The lowest BCUT2D eigenvalue weighted by molar-refractivity contribution is -0.132. The van der Waals surface area contributed by atoms with Crippen molar-refractivity contribution in [3.05, 3.63) is 35.7 Å². The molecule has 3 rings (SSSR count). The number of carbonyl (C=O) groups is 1. The first-order chi connectivity index (χ1) is 11.5. The fourth-order valence-electron chi connectivity index (χ4n) is 3.42. The molecule has 1 amide bonds. The smallest absolute Gasteiger partial charge is 0.227 e. The van der Waals surface area contributed by atoms with Crippen LogP contribution < -0.4 is 5.73 Å². The zero-order chi connectivity index (χ0) is 17.1. The molecule has 2 aromatic rings. The highest BCUT2D eigenvalue weighted by atomic mass is 16.2. The van der Waals surface area contributed by atoms with Crippen LogP contribution in [0, 0.1) is 19.8 Å². The van der Waals surface area contributed by atoms with Crippen molar-refractivity contribution in [2.45, 2.75) is 39.7 Å². The average Bonchev–Trinajstić information content (AvgIpc) is 3.04. The van der Waals surface area contributed by atoms with E-state index in [0.717, 1.165) is 49.4 Å². The summed E-state index contributed by atoms with van der Waals surface area (Å²) in [5, 5.41) is 0. The lowest BCUT2D eigenvalue weighted by atomic mass is 9.97. The maximum Gasteiger partial charge on any atom is 0.227 e. The maximum atomic E-state index is 12.7. The Morgan fingerprint density at radius 2 is 2.08 bits per heavy atom. The van der Waals surface area contributed by atoms with Gasteiger partial charge in [-0.05, 0) is 32.6 Å². The number of nitrogens with two attached hydrogens (primary N) is 1. The predicted molar refractivity (Wildman–Crippen MR) is 91.2 cm³/mol. The normalized spacial score (nSPS) is 17.9. The van der Waals surface area contributed by atoms with Gasteiger partial charge in [0.1, 0.15) is 0 Å². The first kappa shape index (κ1) is 16.4. The van der Waals surface area contributed by atoms with E-state index >= 15 is 0 Å². The van der Waals surface area contributed by atoms with E-state index < -0.39 is 0 Å². The lowest BCUT2D eigenvalue weighted by Gasteiger charge is -2.33. The molecule has 2 N–H and O–H groups in total. The number of nitrogens with zero attached hydrogens (tertiary/aromatic N) is 5. The van der Waals surface area contributed by atoms with Crippen LogP contribution in [0.4, 0.5) is 5.95 Å². The third-order valence-corrected chi connectivity index (χ3v) is 4.67. The Balaban J connectivity index is 1.64. The number of amides is 1. The largest absolute Gasteiger partial charge is 0.368 e. The quantitative estimate of drug-likeness (QED) is 0.915. The first-order valence-corrected chi connectivity index (χ1v) is 8.36. The summed E-state index contributed by atoms with van der Waals surface area (Å²) in [5.41, 5.74) is 8.14. The van der Waals surface area contributed by atoms with Gasteiger partial charge in [-0.1, -0.05) is 0 Å². The van der Waals surface area contributed by atoms with Crippen LogP contribution in [0.1, 0.15) is 29.8 Å². The van der Waals surface area contributed by atoms with Crippen LogP contribution in [0.2, 0.25) is 0 Å². The van der Waals surface area contributed by atoms with E-state index in [9.17, 15) is 4.79 Å². The van der Waals surface area contributed by atoms with Gasteiger partial charge in [-0.15, -0.1) is 0 Å².